The zero-order valence-electron chi connectivity index (χ0n) is 12.2. The Bertz CT molecular complexity index is 754. The molecule has 1 aromatic heterocycles. The Morgan fingerprint density at radius 1 is 1.50 bits per heavy atom. The summed E-state index contributed by atoms with van der Waals surface area (Å²) in [5.74, 6) is -0.335. The number of aromatic nitrogens is 3. The van der Waals surface area contributed by atoms with Gasteiger partial charge in [-0.15, -0.1) is 0 Å². The summed E-state index contributed by atoms with van der Waals surface area (Å²) in [4.78, 5) is 16.4. The molecule has 0 amide bonds. The van der Waals surface area contributed by atoms with Gasteiger partial charge in [-0.05, 0) is 24.1 Å². The summed E-state index contributed by atoms with van der Waals surface area (Å²) in [5.41, 5.74) is 1.72. The van der Waals surface area contributed by atoms with Crippen LogP contribution in [0, 0.1) is 5.82 Å². The first-order chi connectivity index (χ1) is 10.7. The molecule has 1 N–H and O–H groups in total. The van der Waals surface area contributed by atoms with Crippen LogP contribution in [0.5, 0.6) is 0 Å². The van der Waals surface area contributed by atoms with Gasteiger partial charge in [0.1, 0.15) is 18.2 Å². The van der Waals surface area contributed by atoms with Crippen molar-refractivity contribution in [2.24, 2.45) is 0 Å². The molecule has 1 unspecified atom stereocenters. The Labute approximate surface area is 126 Å². The lowest BCUT2D eigenvalue weighted by molar-refractivity contribution is -0.136. The average molecular weight is 302 g/mol. The number of halogens is 1. The molecule has 2 heterocycles. The van der Waals surface area contributed by atoms with Crippen molar-refractivity contribution in [2.45, 2.75) is 19.4 Å². The number of nitrogens with one attached hydrogen (secondary N) is 1. The number of nitrogens with zero attached hydrogens (tertiary/aromatic N) is 3. The summed E-state index contributed by atoms with van der Waals surface area (Å²) in [6, 6.07) is 5.52. The Balaban J connectivity index is 2.22. The second-order valence-corrected chi connectivity index (χ2v) is 4.85. The highest BCUT2D eigenvalue weighted by atomic mass is 19.1. The van der Waals surface area contributed by atoms with Crippen molar-refractivity contribution in [1.29, 1.82) is 0 Å². The van der Waals surface area contributed by atoms with Crippen molar-refractivity contribution in [3.8, 4) is 0 Å². The van der Waals surface area contributed by atoms with E-state index in [9.17, 15) is 9.18 Å². The van der Waals surface area contributed by atoms with E-state index in [0.717, 1.165) is 0 Å². The first kappa shape index (κ1) is 14.2. The Kier molecular flexibility index (Phi) is 3.62. The third-order valence-electron chi connectivity index (χ3n) is 3.60. The number of carbonyl (C=O) groups is 1. The predicted octanol–water partition coefficient (Wildman–Crippen LogP) is 2.27. The largest absolute Gasteiger partial charge is 0.466 e. The molecule has 0 fully saturated rings. The van der Waals surface area contributed by atoms with Gasteiger partial charge in [0.25, 0.3) is 0 Å². The minimum atomic E-state index is -0.572. The smallest absolute Gasteiger partial charge is 0.338 e. The summed E-state index contributed by atoms with van der Waals surface area (Å²) >= 11 is 0. The van der Waals surface area contributed by atoms with Gasteiger partial charge in [-0.3, -0.25) is 0 Å². The zero-order valence-corrected chi connectivity index (χ0v) is 12.2. The molecule has 3 rings (SSSR count). The zero-order chi connectivity index (χ0) is 15.7. The van der Waals surface area contributed by atoms with Crippen molar-refractivity contribution >= 4 is 11.9 Å². The minimum absolute atomic E-state index is 0.375. The number of hydrogen-bond donors (Lipinski definition) is 1. The summed E-state index contributed by atoms with van der Waals surface area (Å²) in [5, 5.41) is 7.24. The molecule has 0 saturated heterocycles. The SMILES string of the molecule is CCC1=C(C(=O)OC)C(c2cccc(F)c2)n2ncnc2N1. The van der Waals surface area contributed by atoms with E-state index in [4.69, 9.17) is 4.74 Å². The number of rotatable bonds is 3. The number of esters is 1. The van der Waals surface area contributed by atoms with Crippen LogP contribution in [0.25, 0.3) is 0 Å². The van der Waals surface area contributed by atoms with E-state index in [1.807, 2.05) is 6.92 Å². The Morgan fingerprint density at radius 2 is 2.32 bits per heavy atom. The maximum atomic E-state index is 13.6. The fourth-order valence-electron chi connectivity index (χ4n) is 2.63. The number of hydrogen-bond acceptors (Lipinski definition) is 5. The standard InChI is InChI=1S/C15H15FN4O2/c1-3-11-12(14(21)22-2)13(9-5-4-6-10(16)7-9)20-15(19-11)17-8-18-20/h4-8,13H,3H2,1-2H3,(H,17,18,19). The second kappa shape index (κ2) is 5.59. The third kappa shape index (κ3) is 2.24. The molecule has 0 bridgehead atoms. The molecule has 1 atom stereocenters. The van der Waals surface area contributed by atoms with Gasteiger partial charge in [-0.1, -0.05) is 19.1 Å². The van der Waals surface area contributed by atoms with Gasteiger partial charge in [0.15, 0.2) is 0 Å². The maximum absolute atomic E-state index is 13.6. The molecular weight excluding hydrogens is 287 g/mol. The van der Waals surface area contributed by atoms with E-state index in [1.165, 1.54) is 25.6 Å². The van der Waals surface area contributed by atoms with Crippen LogP contribution in [0.15, 0.2) is 41.9 Å². The van der Waals surface area contributed by atoms with Crippen molar-refractivity contribution in [2.75, 3.05) is 12.4 Å². The molecule has 0 saturated carbocycles. The van der Waals surface area contributed by atoms with E-state index in [1.54, 1.807) is 16.8 Å². The monoisotopic (exact) mass is 302 g/mol. The summed E-state index contributed by atoms with van der Waals surface area (Å²) in [6.45, 7) is 1.92. The van der Waals surface area contributed by atoms with Crippen LogP contribution in [0.4, 0.5) is 10.3 Å². The number of fused-ring (bicyclic) bond motifs is 1. The van der Waals surface area contributed by atoms with E-state index in [2.05, 4.69) is 15.4 Å². The van der Waals surface area contributed by atoms with Crippen molar-refractivity contribution < 1.29 is 13.9 Å². The lowest BCUT2D eigenvalue weighted by Crippen LogP contribution is -2.30. The molecule has 22 heavy (non-hydrogen) atoms. The summed E-state index contributed by atoms with van der Waals surface area (Å²) in [7, 11) is 1.32. The van der Waals surface area contributed by atoms with Crippen molar-refractivity contribution in [1.82, 2.24) is 14.8 Å². The molecule has 1 aliphatic rings. The fraction of sp³-hybridized carbons (Fsp3) is 0.267. The second-order valence-electron chi connectivity index (χ2n) is 4.85. The van der Waals surface area contributed by atoms with Crippen LogP contribution in [-0.4, -0.2) is 27.8 Å². The first-order valence-corrected chi connectivity index (χ1v) is 6.89. The van der Waals surface area contributed by atoms with E-state index in [0.29, 0.717) is 29.2 Å². The Hall–Kier alpha value is -2.70. The van der Waals surface area contributed by atoms with Crippen LogP contribution in [0.3, 0.4) is 0 Å². The molecular formula is C15H15FN4O2. The van der Waals surface area contributed by atoms with E-state index < -0.39 is 12.0 Å². The number of methoxy groups -OCH3 is 1. The lowest BCUT2D eigenvalue weighted by atomic mass is 9.94. The Morgan fingerprint density at radius 3 is 3.00 bits per heavy atom. The van der Waals surface area contributed by atoms with Crippen molar-refractivity contribution in [3.63, 3.8) is 0 Å². The van der Waals surface area contributed by atoms with Gasteiger partial charge in [0, 0.05) is 5.70 Å². The highest BCUT2D eigenvalue weighted by molar-refractivity contribution is 5.92. The lowest BCUT2D eigenvalue weighted by Gasteiger charge is -2.28. The average Bonchev–Trinajstić information content (AvgIpc) is 3.00. The topological polar surface area (TPSA) is 69.0 Å². The van der Waals surface area contributed by atoms with Gasteiger partial charge in [0.2, 0.25) is 5.95 Å². The molecule has 0 spiro atoms. The molecule has 1 aliphatic heterocycles. The van der Waals surface area contributed by atoms with Crippen LogP contribution >= 0.6 is 0 Å². The molecule has 114 valence electrons. The molecule has 0 aliphatic carbocycles. The van der Waals surface area contributed by atoms with Crippen LogP contribution in [-0.2, 0) is 9.53 Å². The number of benzene rings is 1. The third-order valence-corrected chi connectivity index (χ3v) is 3.60. The van der Waals surface area contributed by atoms with Crippen molar-refractivity contribution in [3.05, 3.63) is 53.2 Å². The predicted molar refractivity (Wildman–Crippen MR) is 77.5 cm³/mol. The molecule has 0 radical (unpaired) electrons. The molecule has 1 aromatic carbocycles. The van der Waals surface area contributed by atoms with Crippen LogP contribution in [0.2, 0.25) is 0 Å². The van der Waals surface area contributed by atoms with Crippen LogP contribution < -0.4 is 5.32 Å². The molecule has 6 nitrogen and oxygen atoms in total. The summed E-state index contributed by atoms with van der Waals surface area (Å²) < 4.78 is 20.1. The number of allylic oxidation sites excluding steroid dienone is 1. The van der Waals surface area contributed by atoms with Gasteiger partial charge in [0.05, 0.1) is 12.7 Å². The fourth-order valence-corrected chi connectivity index (χ4v) is 2.63. The summed E-state index contributed by atoms with van der Waals surface area (Å²) in [6.07, 6.45) is 1.98. The highest BCUT2D eigenvalue weighted by Crippen LogP contribution is 2.36. The first-order valence-electron chi connectivity index (χ1n) is 6.89. The highest BCUT2D eigenvalue weighted by Gasteiger charge is 2.34. The molecule has 2 aromatic rings. The van der Waals surface area contributed by atoms with E-state index >= 15 is 0 Å². The van der Waals surface area contributed by atoms with Gasteiger partial charge in [-0.2, -0.15) is 10.1 Å². The minimum Gasteiger partial charge on any atom is -0.466 e. The van der Waals surface area contributed by atoms with Gasteiger partial charge < -0.3 is 10.1 Å². The molecule has 7 heteroatoms. The van der Waals surface area contributed by atoms with Gasteiger partial charge in [-0.25, -0.2) is 13.9 Å². The van der Waals surface area contributed by atoms with Crippen LogP contribution in [0.1, 0.15) is 24.9 Å². The quantitative estimate of drug-likeness (QED) is 0.881. The number of anilines is 1. The normalized spacial score (nSPS) is 17.0. The number of carbonyl (C=O) groups excluding carboxylic acids is 1. The van der Waals surface area contributed by atoms with E-state index in [-0.39, 0.29) is 5.82 Å². The van der Waals surface area contributed by atoms with Gasteiger partial charge >= 0.3 is 5.97 Å². The maximum Gasteiger partial charge on any atom is 0.338 e. The number of ether oxygens (including phenoxy) is 1.